The van der Waals surface area contributed by atoms with Crippen LogP contribution in [0.25, 0.3) is 0 Å². The molecule has 2 fully saturated rings. The van der Waals surface area contributed by atoms with Gasteiger partial charge in [-0.25, -0.2) is 4.39 Å². The van der Waals surface area contributed by atoms with Crippen LogP contribution in [0.15, 0.2) is 75.7 Å². The third-order valence-corrected chi connectivity index (χ3v) is 7.86. The molecule has 2 heterocycles. The molecule has 3 aromatic carbocycles. The molecule has 3 aromatic rings. The van der Waals surface area contributed by atoms with Gasteiger partial charge in [0.25, 0.3) is 5.91 Å². The van der Waals surface area contributed by atoms with E-state index >= 15 is 0 Å². The second-order valence-electron chi connectivity index (χ2n) is 9.08. The molecule has 2 unspecified atom stereocenters. The van der Waals surface area contributed by atoms with Crippen molar-refractivity contribution in [3.8, 4) is 5.75 Å². The number of hydrogen-bond acceptors (Lipinski definition) is 5. The molecule has 37 heavy (non-hydrogen) atoms. The molecule has 2 atom stereocenters. The number of nitrogens with zero attached hydrogens (tertiary/aromatic N) is 1. The lowest BCUT2D eigenvalue weighted by atomic mass is 9.95. The van der Waals surface area contributed by atoms with Gasteiger partial charge in [-0.3, -0.25) is 15.4 Å². The van der Waals surface area contributed by atoms with Crippen LogP contribution < -0.4 is 15.4 Å². The summed E-state index contributed by atoms with van der Waals surface area (Å²) in [5, 5.41) is 7.32. The van der Waals surface area contributed by atoms with Crippen molar-refractivity contribution in [1.82, 2.24) is 15.5 Å². The van der Waals surface area contributed by atoms with Gasteiger partial charge >= 0.3 is 0 Å². The van der Waals surface area contributed by atoms with E-state index in [-0.39, 0.29) is 18.0 Å². The molecule has 0 aromatic heterocycles. The number of morpholine rings is 1. The van der Waals surface area contributed by atoms with Crippen molar-refractivity contribution in [2.45, 2.75) is 24.7 Å². The normalized spacial score (nSPS) is 23.7. The molecule has 6 nitrogen and oxygen atoms in total. The molecule has 2 aliphatic rings. The van der Waals surface area contributed by atoms with Crippen LogP contribution >= 0.6 is 31.9 Å². The zero-order chi connectivity index (χ0) is 26.0. The zero-order valence-electron chi connectivity index (χ0n) is 20.3. The molecule has 0 spiro atoms. The van der Waals surface area contributed by atoms with Crippen molar-refractivity contribution in [3.63, 3.8) is 0 Å². The third-order valence-electron chi connectivity index (χ3n) is 6.80. The number of benzene rings is 3. The number of nitrogens with one attached hydrogen (secondary N) is 2. The highest BCUT2D eigenvalue weighted by molar-refractivity contribution is 9.10. The van der Waals surface area contributed by atoms with Crippen molar-refractivity contribution < 1.29 is 18.7 Å². The first-order valence-corrected chi connectivity index (χ1v) is 13.9. The Labute approximate surface area is 232 Å². The second-order valence-corrected chi connectivity index (χ2v) is 10.9. The summed E-state index contributed by atoms with van der Waals surface area (Å²) in [6, 6.07) is 19.9. The van der Waals surface area contributed by atoms with Crippen LogP contribution in [0, 0.1) is 5.82 Å². The molecule has 1 amide bonds. The smallest absolute Gasteiger partial charge is 0.262 e. The Hall–Kier alpha value is -2.30. The molecule has 0 aliphatic carbocycles. The van der Waals surface area contributed by atoms with E-state index in [2.05, 4.69) is 42.5 Å². The molecule has 0 bridgehead atoms. The van der Waals surface area contributed by atoms with Gasteiger partial charge < -0.3 is 14.4 Å². The van der Waals surface area contributed by atoms with Crippen molar-refractivity contribution in [2.75, 3.05) is 32.9 Å². The van der Waals surface area contributed by atoms with E-state index in [0.717, 1.165) is 20.1 Å². The van der Waals surface area contributed by atoms with Gasteiger partial charge in [-0.1, -0.05) is 56.1 Å². The van der Waals surface area contributed by atoms with E-state index in [1.165, 1.54) is 12.1 Å². The highest BCUT2D eigenvalue weighted by Crippen LogP contribution is 2.44. The summed E-state index contributed by atoms with van der Waals surface area (Å²) in [5.41, 5.74) is 1.22. The first-order valence-electron chi connectivity index (χ1n) is 12.3. The lowest BCUT2D eigenvalue weighted by Gasteiger charge is -2.38. The quantitative estimate of drug-likeness (QED) is 0.379. The Morgan fingerprint density at radius 2 is 1.51 bits per heavy atom. The van der Waals surface area contributed by atoms with Gasteiger partial charge in [0.1, 0.15) is 11.6 Å². The minimum absolute atomic E-state index is 0.148. The van der Waals surface area contributed by atoms with Crippen molar-refractivity contribution in [1.29, 1.82) is 0 Å². The Kier molecular flexibility index (Phi) is 7.97. The molecular weight excluding hydrogens is 605 g/mol. The maximum absolute atomic E-state index is 14.4. The van der Waals surface area contributed by atoms with Crippen molar-refractivity contribution in [3.05, 3.63) is 98.2 Å². The molecule has 2 N–H and O–H groups in total. The van der Waals surface area contributed by atoms with Gasteiger partial charge in [0.15, 0.2) is 5.66 Å². The number of amides is 1. The van der Waals surface area contributed by atoms with E-state index in [1.807, 2.05) is 55.5 Å². The van der Waals surface area contributed by atoms with Gasteiger partial charge in [0, 0.05) is 33.7 Å². The molecule has 5 rings (SSSR count). The standard InChI is InChI=1S/C28H28Br2FN3O3/c1-2-37-24-17-22(31)11-12-23(24)28(27(35)34-13-15-36-16-14-34)32-25(18-3-7-20(29)8-4-18)26(33-28)19-5-9-21(30)10-6-19/h3-12,17,25-26,32-33H,2,13-16H2,1H3. The number of ether oxygens (including phenoxy) is 2. The van der Waals surface area contributed by atoms with E-state index in [1.54, 1.807) is 11.0 Å². The lowest BCUT2D eigenvalue weighted by Crippen LogP contribution is -2.60. The van der Waals surface area contributed by atoms with Crippen LogP contribution in [0.5, 0.6) is 5.75 Å². The average Bonchev–Trinajstić information content (AvgIpc) is 3.31. The predicted molar refractivity (Wildman–Crippen MR) is 147 cm³/mol. The lowest BCUT2D eigenvalue weighted by molar-refractivity contribution is -0.143. The zero-order valence-corrected chi connectivity index (χ0v) is 23.5. The highest BCUT2D eigenvalue weighted by Gasteiger charge is 2.54. The summed E-state index contributed by atoms with van der Waals surface area (Å²) >= 11 is 7.05. The van der Waals surface area contributed by atoms with Gasteiger partial charge in [-0.15, -0.1) is 0 Å². The first kappa shape index (κ1) is 26.3. The third kappa shape index (κ3) is 5.33. The van der Waals surface area contributed by atoms with Crippen LogP contribution in [-0.4, -0.2) is 43.7 Å². The molecule has 0 radical (unpaired) electrons. The number of halogens is 3. The summed E-state index contributed by atoms with van der Waals surface area (Å²) in [4.78, 5) is 16.2. The first-order chi connectivity index (χ1) is 17.9. The highest BCUT2D eigenvalue weighted by atomic mass is 79.9. The topological polar surface area (TPSA) is 62.8 Å². The van der Waals surface area contributed by atoms with Gasteiger partial charge in [-0.05, 0) is 54.4 Å². The second kappa shape index (κ2) is 11.2. The summed E-state index contributed by atoms with van der Waals surface area (Å²) in [6.45, 7) is 4.06. The Morgan fingerprint density at radius 3 is 2.03 bits per heavy atom. The number of carbonyl (C=O) groups excluding carboxylic acids is 1. The van der Waals surface area contributed by atoms with E-state index in [4.69, 9.17) is 9.47 Å². The van der Waals surface area contributed by atoms with E-state index in [0.29, 0.717) is 44.2 Å². The Bertz CT molecular complexity index is 1200. The maximum Gasteiger partial charge on any atom is 0.262 e. The van der Waals surface area contributed by atoms with Crippen LogP contribution in [0.3, 0.4) is 0 Å². The summed E-state index contributed by atoms with van der Waals surface area (Å²) in [7, 11) is 0. The number of carbonyl (C=O) groups is 1. The number of rotatable bonds is 6. The van der Waals surface area contributed by atoms with Crippen molar-refractivity contribution >= 4 is 37.8 Å². The Morgan fingerprint density at radius 1 is 0.973 bits per heavy atom. The SMILES string of the molecule is CCOc1cc(F)ccc1C1(C(=O)N2CCOCC2)NC(c2ccc(Br)cc2)C(c2ccc(Br)cc2)N1. The Balaban J connectivity index is 1.68. The number of hydrogen-bond donors (Lipinski definition) is 2. The molecule has 2 aliphatic heterocycles. The maximum atomic E-state index is 14.4. The molecular formula is C28H28Br2FN3O3. The summed E-state index contributed by atoms with van der Waals surface area (Å²) in [6.07, 6.45) is 0. The minimum atomic E-state index is -1.36. The van der Waals surface area contributed by atoms with Crippen LogP contribution in [0.1, 0.15) is 35.7 Å². The van der Waals surface area contributed by atoms with Crippen LogP contribution in [0.2, 0.25) is 0 Å². The fourth-order valence-corrected chi connectivity index (χ4v) is 5.57. The van der Waals surface area contributed by atoms with Crippen molar-refractivity contribution in [2.24, 2.45) is 0 Å². The molecule has 2 saturated heterocycles. The molecule has 9 heteroatoms. The van der Waals surface area contributed by atoms with Gasteiger partial charge in [0.05, 0.1) is 31.9 Å². The fourth-order valence-electron chi connectivity index (χ4n) is 5.05. The summed E-state index contributed by atoms with van der Waals surface area (Å²) in [5.74, 6) is -0.242. The largest absolute Gasteiger partial charge is 0.493 e. The molecule has 194 valence electrons. The average molecular weight is 633 g/mol. The van der Waals surface area contributed by atoms with Gasteiger partial charge in [0.2, 0.25) is 0 Å². The fraction of sp³-hybridized carbons (Fsp3) is 0.321. The van der Waals surface area contributed by atoms with Crippen LogP contribution in [0.4, 0.5) is 4.39 Å². The molecule has 0 saturated carbocycles. The predicted octanol–water partition coefficient (Wildman–Crippen LogP) is 5.44. The monoisotopic (exact) mass is 631 g/mol. The van der Waals surface area contributed by atoms with E-state index in [9.17, 15) is 9.18 Å². The van der Waals surface area contributed by atoms with Crippen LogP contribution in [-0.2, 0) is 15.2 Å². The minimum Gasteiger partial charge on any atom is -0.493 e. The summed E-state index contributed by atoms with van der Waals surface area (Å²) < 4.78 is 27.7. The van der Waals surface area contributed by atoms with E-state index < -0.39 is 11.5 Å². The van der Waals surface area contributed by atoms with Gasteiger partial charge in [-0.2, -0.15) is 0 Å².